The van der Waals surface area contributed by atoms with Gasteiger partial charge in [0, 0.05) is 5.69 Å². The first kappa shape index (κ1) is 14.8. The number of ether oxygens (including phenoxy) is 2. The number of carbonyl (C=O) groups excluding carboxylic acids is 1. The number of para-hydroxylation sites is 1. The first-order chi connectivity index (χ1) is 10.1. The fourth-order valence-electron chi connectivity index (χ4n) is 1.99. The Morgan fingerprint density at radius 3 is 2.71 bits per heavy atom. The average Bonchev–Trinajstić information content (AvgIpc) is 2.49. The normalized spacial score (nSPS) is 10.2. The fraction of sp³-hybridized carbons (Fsp3) is 0.250. The molecular formula is C16H18N2O3. The minimum absolute atomic E-state index is 0.292. The lowest BCUT2D eigenvalue weighted by Crippen LogP contribution is -2.06. The molecule has 1 aromatic heterocycles. The highest BCUT2D eigenvalue weighted by Crippen LogP contribution is 2.33. The Balaban J connectivity index is 2.47. The lowest BCUT2D eigenvalue weighted by molar-refractivity contribution is 0.0598. The molecule has 2 rings (SSSR count). The molecule has 0 unspecified atom stereocenters. The Morgan fingerprint density at radius 2 is 2.05 bits per heavy atom. The molecule has 5 nitrogen and oxygen atoms in total. The van der Waals surface area contributed by atoms with Gasteiger partial charge in [0.2, 0.25) is 0 Å². The molecule has 0 bridgehead atoms. The molecule has 0 atom stereocenters. The fourth-order valence-corrected chi connectivity index (χ4v) is 1.99. The monoisotopic (exact) mass is 286 g/mol. The second-order valence-electron chi connectivity index (χ2n) is 4.57. The Labute approximate surface area is 123 Å². The van der Waals surface area contributed by atoms with Crippen LogP contribution in [-0.4, -0.2) is 18.1 Å². The van der Waals surface area contributed by atoms with E-state index < -0.39 is 5.97 Å². The summed E-state index contributed by atoms with van der Waals surface area (Å²) in [5.41, 5.74) is 8.32. The van der Waals surface area contributed by atoms with Crippen LogP contribution in [0.5, 0.6) is 11.5 Å². The van der Waals surface area contributed by atoms with Crippen LogP contribution in [0.15, 0.2) is 30.3 Å². The first-order valence-corrected chi connectivity index (χ1v) is 6.68. The molecule has 1 heterocycles. The van der Waals surface area contributed by atoms with E-state index in [1.165, 1.54) is 7.11 Å². The number of aromatic nitrogens is 1. The molecule has 21 heavy (non-hydrogen) atoms. The minimum atomic E-state index is -0.490. The van der Waals surface area contributed by atoms with Gasteiger partial charge in [-0.15, -0.1) is 0 Å². The lowest BCUT2D eigenvalue weighted by Gasteiger charge is -2.14. The quantitative estimate of drug-likeness (QED) is 0.690. The van der Waals surface area contributed by atoms with Crippen LogP contribution in [-0.2, 0) is 11.2 Å². The first-order valence-electron chi connectivity index (χ1n) is 6.68. The van der Waals surface area contributed by atoms with Gasteiger partial charge < -0.3 is 15.2 Å². The number of pyridine rings is 1. The van der Waals surface area contributed by atoms with Gasteiger partial charge >= 0.3 is 5.97 Å². The van der Waals surface area contributed by atoms with E-state index >= 15 is 0 Å². The van der Waals surface area contributed by atoms with Crippen molar-refractivity contribution in [1.29, 1.82) is 0 Å². The van der Waals surface area contributed by atoms with E-state index in [1.807, 2.05) is 26.0 Å². The van der Waals surface area contributed by atoms with Crippen LogP contribution in [0.25, 0.3) is 0 Å². The van der Waals surface area contributed by atoms with Crippen LogP contribution in [0.1, 0.15) is 28.7 Å². The van der Waals surface area contributed by atoms with Gasteiger partial charge in [-0.1, -0.05) is 13.0 Å². The zero-order chi connectivity index (χ0) is 15.4. The Kier molecular flexibility index (Phi) is 4.42. The van der Waals surface area contributed by atoms with E-state index in [0.29, 0.717) is 22.7 Å². The molecule has 110 valence electrons. The smallest absolute Gasteiger partial charge is 0.341 e. The molecule has 2 aromatic rings. The van der Waals surface area contributed by atoms with Gasteiger partial charge in [-0.3, -0.25) is 4.98 Å². The summed E-state index contributed by atoms with van der Waals surface area (Å²) in [6, 6.07) is 8.66. The van der Waals surface area contributed by atoms with Crippen molar-refractivity contribution < 1.29 is 14.3 Å². The number of hydrogen-bond acceptors (Lipinski definition) is 5. The highest BCUT2D eigenvalue weighted by atomic mass is 16.5. The number of anilines is 1. The summed E-state index contributed by atoms with van der Waals surface area (Å²) < 4.78 is 10.6. The highest BCUT2D eigenvalue weighted by molar-refractivity contribution is 5.94. The van der Waals surface area contributed by atoms with E-state index in [4.69, 9.17) is 15.2 Å². The Morgan fingerprint density at radius 1 is 1.29 bits per heavy atom. The third kappa shape index (κ3) is 3.13. The second-order valence-corrected chi connectivity index (χ2v) is 4.57. The molecule has 1 aromatic carbocycles. The third-order valence-corrected chi connectivity index (χ3v) is 3.07. The van der Waals surface area contributed by atoms with E-state index in [-0.39, 0.29) is 0 Å². The van der Waals surface area contributed by atoms with Gasteiger partial charge in [-0.2, -0.15) is 0 Å². The third-order valence-electron chi connectivity index (χ3n) is 3.07. The van der Waals surface area contributed by atoms with Crippen LogP contribution < -0.4 is 10.5 Å². The van der Waals surface area contributed by atoms with Gasteiger partial charge in [0.05, 0.1) is 18.5 Å². The van der Waals surface area contributed by atoms with E-state index in [1.54, 1.807) is 18.2 Å². The van der Waals surface area contributed by atoms with Gasteiger partial charge in [-0.25, -0.2) is 4.79 Å². The van der Waals surface area contributed by atoms with Crippen molar-refractivity contribution >= 4 is 11.7 Å². The molecule has 0 saturated heterocycles. The molecule has 5 heteroatoms. The number of benzene rings is 1. The number of nitrogens with zero attached hydrogens (tertiary/aromatic N) is 1. The number of hydrogen-bond donors (Lipinski definition) is 1. The number of nitrogen functional groups attached to an aromatic ring is 1. The summed E-state index contributed by atoms with van der Waals surface area (Å²) in [7, 11) is 1.32. The number of carbonyl (C=O) groups is 1. The number of esters is 1. The van der Waals surface area contributed by atoms with E-state index in [0.717, 1.165) is 17.8 Å². The van der Waals surface area contributed by atoms with Crippen LogP contribution in [0.4, 0.5) is 5.69 Å². The van der Waals surface area contributed by atoms with Crippen LogP contribution >= 0.6 is 0 Å². The molecule has 0 radical (unpaired) electrons. The minimum Gasteiger partial charge on any atom is -0.465 e. The lowest BCUT2D eigenvalue weighted by atomic mass is 10.1. The van der Waals surface area contributed by atoms with Crippen LogP contribution in [0, 0.1) is 6.92 Å². The molecule has 0 aliphatic heterocycles. The maximum atomic E-state index is 11.8. The predicted molar refractivity (Wildman–Crippen MR) is 80.6 cm³/mol. The van der Waals surface area contributed by atoms with Crippen molar-refractivity contribution in [2.45, 2.75) is 20.3 Å². The summed E-state index contributed by atoms with van der Waals surface area (Å²) in [5.74, 6) is 0.395. The number of methoxy groups -OCH3 is 1. The van der Waals surface area contributed by atoms with Crippen molar-refractivity contribution in [3.05, 3.63) is 47.3 Å². The van der Waals surface area contributed by atoms with E-state index in [9.17, 15) is 4.79 Å². The predicted octanol–water partition coefficient (Wildman–Crippen LogP) is 3.11. The van der Waals surface area contributed by atoms with Gasteiger partial charge in [0.25, 0.3) is 0 Å². The van der Waals surface area contributed by atoms with Crippen molar-refractivity contribution in [3.63, 3.8) is 0 Å². The molecule has 2 N–H and O–H groups in total. The van der Waals surface area contributed by atoms with Gasteiger partial charge in [0.1, 0.15) is 11.3 Å². The van der Waals surface area contributed by atoms with E-state index in [2.05, 4.69) is 4.98 Å². The van der Waals surface area contributed by atoms with Crippen LogP contribution in [0.3, 0.4) is 0 Å². The summed E-state index contributed by atoms with van der Waals surface area (Å²) in [5, 5.41) is 0. The molecule has 0 saturated carbocycles. The van der Waals surface area contributed by atoms with Gasteiger partial charge in [0.15, 0.2) is 5.75 Å². The van der Waals surface area contributed by atoms with Gasteiger partial charge in [-0.05, 0) is 37.6 Å². The second kappa shape index (κ2) is 6.26. The van der Waals surface area contributed by atoms with Crippen molar-refractivity contribution in [2.24, 2.45) is 0 Å². The van der Waals surface area contributed by atoms with Crippen molar-refractivity contribution in [2.75, 3.05) is 12.8 Å². The standard InChI is InChI=1S/C16H18N2O3/c1-4-13-14(9-8-10(2)18-13)21-15-11(16(19)20-3)6-5-7-12(15)17/h5-9H,4,17H2,1-3H3. The maximum Gasteiger partial charge on any atom is 0.341 e. The zero-order valence-electron chi connectivity index (χ0n) is 12.3. The summed E-state index contributed by atoms with van der Waals surface area (Å²) >= 11 is 0. The summed E-state index contributed by atoms with van der Waals surface area (Å²) in [6.07, 6.45) is 0.720. The maximum absolute atomic E-state index is 11.8. The highest BCUT2D eigenvalue weighted by Gasteiger charge is 2.17. The SMILES string of the molecule is CCc1nc(C)ccc1Oc1c(N)cccc1C(=O)OC. The van der Waals surface area contributed by atoms with Crippen LogP contribution in [0.2, 0.25) is 0 Å². The molecular weight excluding hydrogens is 268 g/mol. The molecule has 0 fully saturated rings. The Bertz CT molecular complexity index is 669. The summed E-state index contributed by atoms with van der Waals surface area (Å²) in [6.45, 7) is 3.91. The van der Waals surface area contributed by atoms with Crippen molar-refractivity contribution in [3.8, 4) is 11.5 Å². The van der Waals surface area contributed by atoms with Crippen molar-refractivity contribution in [1.82, 2.24) is 4.98 Å². The molecule has 0 spiro atoms. The Hall–Kier alpha value is -2.56. The summed E-state index contributed by atoms with van der Waals surface area (Å²) in [4.78, 5) is 16.2. The number of nitrogens with two attached hydrogens (primary N) is 1. The number of aryl methyl sites for hydroxylation is 2. The molecule has 0 amide bonds. The largest absolute Gasteiger partial charge is 0.465 e. The topological polar surface area (TPSA) is 74.4 Å². The number of rotatable bonds is 4. The molecule has 0 aliphatic carbocycles. The average molecular weight is 286 g/mol. The molecule has 0 aliphatic rings. The zero-order valence-corrected chi connectivity index (χ0v) is 12.3.